The van der Waals surface area contributed by atoms with Crippen molar-refractivity contribution in [1.82, 2.24) is 0 Å². The van der Waals surface area contributed by atoms with Crippen molar-refractivity contribution < 1.29 is 14.3 Å². The molecule has 1 aromatic heterocycles. The molecule has 1 unspecified atom stereocenters. The number of amides is 1. The molecule has 0 fully saturated rings. The van der Waals surface area contributed by atoms with Gasteiger partial charge in [-0.15, -0.1) is 11.3 Å². The van der Waals surface area contributed by atoms with Crippen LogP contribution in [0.2, 0.25) is 0 Å². The molecule has 1 aliphatic carbocycles. The molecule has 0 saturated carbocycles. The van der Waals surface area contributed by atoms with Crippen molar-refractivity contribution in [3.05, 3.63) is 44.8 Å². The first-order chi connectivity index (χ1) is 13.0. The Labute approximate surface area is 167 Å². The van der Waals surface area contributed by atoms with Crippen LogP contribution in [0, 0.1) is 21.1 Å². The number of hydrogen-bond donors (Lipinski definition) is 1. The van der Waals surface area contributed by atoms with Gasteiger partial charge in [0.2, 0.25) is 0 Å². The van der Waals surface area contributed by atoms with Crippen LogP contribution < -0.4 is 14.8 Å². The second-order valence-corrected chi connectivity index (χ2v) is 8.21. The average Bonchev–Trinajstić information content (AvgIpc) is 2.67. The van der Waals surface area contributed by atoms with E-state index in [9.17, 15) is 10.1 Å². The summed E-state index contributed by atoms with van der Waals surface area (Å²) in [7, 11) is 1.59. The van der Waals surface area contributed by atoms with Crippen molar-refractivity contribution >= 4 is 34.5 Å². The zero-order valence-electron chi connectivity index (χ0n) is 15.2. The molecule has 1 heterocycles. The fourth-order valence-electron chi connectivity index (χ4n) is 3.13. The van der Waals surface area contributed by atoms with Crippen molar-refractivity contribution in [3.63, 3.8) is 0 Å². The number of methoxy groups -OCH3 is 1. The minimum atomic E-state index is -0.322. The summed E-state index contributed by atoms with van der Waals surface area (Å²) < 4.78 is 11.3. The molecule has 1 aliphatic rings. The minimum Gasteiger partial charge on any atom is -0.497 e. The van der Waals surface area contributed by atoms with E-state index in [1.807, 2.05) is 0 Å². The van der Waals surface area contributed by atoms with E-state index in [4.69, 9.17) is 21.7 Å². The predicted molar refractivity (Wildman–Crippen MR) is 108 cm³/mol. The van der Waals surface area contributed by atoms with Gasteiger partial charge in [0.05, 0.1) is 16.5 Å². The van der Waals surface area contributed by atoms with E-state index in [1.54, 1.807) is 31.4 Å². The highest BCUT2D eigenvalue weighted by atomic mass is 32.1. The van der Waals surface area contributed by atoms with Gasteiger partial charge in [-0.2, -0.15) is 5.26 Å². The van der Waals surface area contributed by atoms with Crippen LogP contribution in [-0.4, -0.2) is 19.6 Å². The molecule has 0 saturated heterocycles. The van der Waals surface area contributed by atoms with Gasteiger partial charge >= 0.3 is 0 Å². The summed E-state index contributed by atoms with van der Waals surface area (Å²) in [4.78, 5) is 12.3. The van der Waals surface area contributed by atoms with E-state index in [0.29, 0.717) is 28.0 Å². The van der Waals surface area contributed by atoms with Crippen LogP contribution in [0.4, 0.5) is 5.00 Å². The second kappa shape index (κ2) is 8.51. The molecule has 0 radical (unpaired) electrons. The molecule has 3 rings (SSSR count). The summed E-state index contributed by atoms with van der Waals surface area (Å²) in [5.74, 6) is 1.53. The first-order valence-corrected chi connectivity index (χ1v) is 9.90. The molecule has 7 heteroatoms. The quantitative estimate of drug-likeness (QED) is 0.748. The second-order valence-electron chi connectivity index (χ2n) is 6.52. The van der Waals surface area contributed by atoms with Crippen LogP contribution in [0.25, 0.3) is 0 Å². The number of nitrogens with one attached hydrogen (secondary N) is 1. The first kappa shape index (κ1) is 19.3. The maximum absolute atomic E-state index is 12.3. The van der Waals surface area contributed by atoms with Gasteiger partial charge in [-0.05, 0) is 60.6 Å². The van der Waals surface area contributed by atoms with E-state index < -0.39 is 0 Å². The molecule has 0 spiro atoms. The average molecular weight is 401 g/mol. The molecule has 5 nitrogen and oxygen atoms in total. The summed E-state index contributed by atoms with van der Waals surface area (Å²) in [5, 5.41) is 12.9. The third kappa shape index (κ3) is 4.46. The fourth-order valence-corrected chi connectivity index (χ4v) is 4.54. The first-order valence-electron chi connectivity index (χ1n) is 8.67. The zero-order chi connectivity index (χ0) is 19.4. The molecule has 27 heavy (non-hydrogen) atoms. The van der Waals surface area contributed by atoms with Gasteiger partial charge in [-0.1, -0.05) is 19.1 Å². The topological polar surface area (TPSA) is 71.3 Å². The van der Waals surface area contributed by atoms with Crippen molar-refractivity contribution in [2.45, 2.75) is 26.2 Å². The lowest BCUT2D eigenvalue weighted by Gasteiger charge is -2.23. The Balaban J connectivity index is 1.73. The number of fused-ring (bicyclic) bond motifs is 1. The summed E-state index contributed by atoms with van der Waals surface area (Å²) in [6.07, 6.45) is 2.75. The Hall–Kier alpha value is -2.43. The summed E-state index contributed by atoms with van der Waals surface area (Å²) in [6, 6.07) is 9.24. The summed E-state index contributed by atoms with van der Waals surface area (Å²) >= 11 is 6.81. The number of benzene rings is 1. The van der Waals surface area contributed by atoms with Gasteiger partial charge in [-0.3, -0.25) is 4.79 Å². The van der Waals surface area contributed by atoms with Crippen molar-refractivity contribution in [2.24, 2.45) is 5.92 Å². The van der Waals surface area contributed by atoms with Gasteiger partial charge in [0.1, 0.15) is 22.6 Å². The fraction of sp³-hybridized carbons (Fsp3) is 0.350. The van der Waals surface area contributed by atoms with Crippen molar-refractivity contribution in [1.29, 1.82) is 5.26 Å². The van der Waals surface area contributed by atoms with Crippen LogP contribution in [-0.2, 0) is 17.6 Å². The highest BCUT2D eigenvalue weighted by molar-refractivity contribution is 7.73. The molecule has 2 aromatic rings. The number of nitriles is 1. The van der Waals surface area contributed by atoms with Crippen LogP contribution >= 0.6 is 23.6 Å². The van der Waals surface area contributed by atoms with Crippen molar-refractivity contribution in [2.75, 3.05) is 19.0 Å². The highest BCUT2D eigenvalue weighted by Gasteiger charge is 2.23. The van der Waals surface area contributed by atoms with Crippen molar-refractivity contribution in [3.8, 4) is 17.6 Å². The number of ether oxygens (including phenoxy) is 2. The third-order valence-corrected chi connectivity index (χ3v) is 6.01. The number of nitrogens with zero attached hydrogens (tertiary/aromatic N) is 1. The van der Waals surface area contributed by atoms with Crippen LogP contribution in [0.5, 0.6) is 11.5 Å². The van der Waals surface area contributed by atoms with E-state index >= 15 is 0 Å². The molecule has 0 bridgehead atoms. The Morgan fingerprint density at radius 2 is 2.04 bits per heavy atom. The standard InChI is InChI=1S/C20H20N2O3S2/c1-12-3-8-15-16(9-12)20(26)27-19(17(15)10-21)22-18(23)11-25-14-6-4-13(24-2)5-7-14/h4-7,12H,3,8-9,11H2,1-2H3,(H,22,23). The molecule has 140 valence electrons. The number of carbonyl (C=O) groups excluding carboxylic acids is 1. The lowest BCUT2D eigenvalue weighted by Crippen LogP contribution is -2.21. The zero-order valence-corrected chi connectivity index (χ0v) is 16.8. The van der Waals surface area contributed by atoms with E-state index in [2.05, 4.69) is 18.3 Å². The summed E-state index contributed by atoms with van der Waals surface area (Å²) in [5.41, 5.74) is 2.62. The summed E-state index contributed by atoms with van der Waals surface area (Å²) in [6.45, 7) is 2.05. The minimum absolute atomic E-state index is 0.148. The molecule has 0 aliphatic heterocycles. The molecule has 1 aromatic carbocycles. The predicted octanol–water partition coefficient (Wildman–Crippen LogP) is 4.50. The Morgan fingerprint density at radius 1 is 1.33 bits per heavy atom. The number of carbonyl (C=O) groups is 1. The van der Waals surface area contributed by atoms with E-state index in [1.165, 1.54) is 11.3 Å². The Morgan fingerprint density at radius 3 is 2.70 bits per heavy atom. The van der Waals surface area contributed by atoms with Gasteiger partial charge < -0.3 is 14.8 Å². The van der Waals surface area contributed by atoms with Crippen LogP contribution in [0.15, 0.2) is 24.3 Å². The lowest BCUT2D eigenvalue weighted by molar-refractivity contribution is -0.118. The van der Waals surface area contributed by atoms with Gasteiger partial charge in [0, 0.05) is 0 Å². The van der Waals surface area contributed by atoms with Crippen LogP contribution in [0.3, 0.4) is 0 Å². The number of anilines is 1. The monoisotopic (exact) mass is 400 g/mol. The SMILES string of the molecule is COc1ccc(OCC(=O)Nc2sc(=S)c3c(c2C#N)CCC(C)C3)cc1. The maximum atomic E-state index is 12.3. The largest absolute Gasteiger partial charge is 0.497 e. The van der Waals surface area contributed by atoms with E-state index in [0.717, 1.165) is 34.2 Å². The molecule has 1 atom stereocenters. The van der Waals surface area contributed by atoms with Crippen LogP contribution in [0.1, 0.15) is 30.0 Å². The Kier molecular flexibility index (Phi) is 6.09. The molecular formula is C20H20N2O3S2. The normalized spacial score (nSPS) is 15.4. The van der Waals surface area contributed by atoms with Gasteiger partial charge in [0.25, 0.3) is 5.91 Å². The van der Waals surface area contributed by atoms with Gasteiger partial charge in [-0.25, -0.2) is 0 Å². The van der Waals surface area contributed by atoms with Gasteiger partial charge in [0.15, 0.2) is 6.61 Å². The number of hydrogen-bond acceptors (Lipinski definition) is 6. The molecule has 1 N–H and O–H groups in total. The molecular weight excluding hydrogens is 380 g/mol. The third-order valence-electron chi connectivity index (χ3n) is 4.57. The maximum Gasteiger partial charge on any atom is 0.262 e. The smallest absolute Gasteiger partial charge is 0.262 e. The lowest BCUT2D eigenvalue weighted by atomic mass is 9.85. The molecule has 1 amide bonds. The highest BCUT2D eigenvalue weighted by Crippen LogP contribution is 2.35. The Bertz CT molecular complexity index is 945. The number of rotatable bonds is 5. The van der Waals surface area contributed by atoms with E-state index in [-0.39, 0.29) is 12.5 Å².